The first-order chi connectivity index (χ1) is 22.0. The molecule has 2 aromatic carbocycles. The Hall–Kier alpha value is -4.25. The zero-order valence-corrected chi connectivity index (χ0v) is 31.2. The van der Waals surface area contributed by atoms with Crippen molar-refractivity contribution in [2.75, 3.05) is 26.3 Å². The van der Waals surface area contributed by atoms with Gasteiger partial charge in [0.05, 0.1) is 24.3 Å². The summed E-state index contributed by atoms with van der Waals surface area (Å²) in [5.74, 6) is -0.856. The van der Waals surface area contributed by atoms with Gasteiger partial charge >= 0.3 is 11.9 Å². The molecule has 3 N–H and O–H groups in total. The van der Waals surface area contributed by atoms with Gasteiger partial charge in [-0.25, -0.2) is 9.59 Å². The Morgan fingerprint density at radius 1 is 0.574 bits per heavy atom. The van der Waals surface area contributed by atoms with E-state index in [1.165, 1.54) is 20.3 Å². The number of esters is 2. The highest BCUT2D eigenvalue weighted by atomic mass is 32.1. The number of carbonyl (C=O) groups excluding carboxylic acids is 5. The average Bonchev–Trinajstić information content (AvgIpc) is 2.98. The van der Waals surface area contributed by atoms with Crippen LogP contribution in [-0.4, -0.2) is 66.4 Å². The van der Waals surface area contributed by atoms with Crippen molar-refractivity contribution < 1.29 is 33.4 Å². The summed E-state index contributed by atoms with van der Waals surface area (Å²) in [6, 6.07) is 12.8. The van der Waals surface area contributed by atoms with Crippen molar-refractivity contribution in [1.82, 2.24) is 10.6 Å². The van der Waals surface area contributed by atoms with Crippen molar-refractivity contribution in [3.05, 3.63) is 70.8 Å². The molecule has 2 aromatic rings. The normalized spacial score (nSPS) is 8.60. The van der Waals surface area contributed by atoms with Crippen molar-refractivity contribution in [3.63, 3.8) is 0 Å². The van der Waals surface area contributed by atoms with Gasteiger partial charge in [-0.3, -0.25) is 9.59 Å². The molecule has 0 aliphatic rings. The monoisotopic (exact) mass is 675 g/mol. The van der Waals surface area contributed by atoms with Gasteiger partial charge in [0, 0.05) is 29.9 Å². The van der Waals surface area contributed by atoms with Crippen LogP contribution in [0.2, 0.25) is 0 Å². The molecule has 0 aliphatic carbocycles. The molecule has 264 valence electrons. The number of carbonyl (C=O) groups is 5. The van der Waals surface area contributed by atoms with Crippen molar-refractivity contribution in [2.45, 2.75) is 89.5 Å². The van der Waals surface area contributed by atoms with Gasteiger partial charge in [0.15, 0.2) is 0 Å². The lowest BCUT2D eigenvalue weighted by atomic mass is 10.1. The second-order valence-corrected chi connectivity index (χ2v) is 10.7. The zero-order valence-electron chi connectivity index (χ0n) is 30.4. The molecule has 0 aliphatic heterocycles. The number of Topliss-reactive ketones (excluding diaryl/α,β-unsaturated/α-hetero) is 1. The summed E-state index contributed by atoms with van der Waals surface area (Å²) < 4.78 is 9.64. The average molecular weight is 676 g/mol. The standard InChI is InChI=1S/C12H16N2O2.C12H14O4.C3H7N.C3H6O.C3H6S.C3H8/c1-3-13-11(15)9-5-7-10(8-6-9)12(16)14-4-2;1-3-15-11(13)9-5-7-10(8-6-9)12(14)16-4-2;3*1-3(2)4;1-3-2/h5-8H,3-4H2,1-2H3,(H,13,15)(H,14,16);5-8H,3-4H2,1-2H3;4H,1-2H3;2*1-2H3;3H2,1-2H3. The maximum Gasteiger partial charge on any atom is 0.338 e. The predicted octanol–water partition coefficient (Wildman–Crippen LogP) is 7.68. The molecule has 0 fully saturated rings. The predicted molar refractivity (Wildman–Crippen MR) is 196 cm³/mol. The van der Waals surface area contributed by atoms with Crippen molar-refractivity contribution >= 4 is 52.3 Å². The number of hydrogen-bond acceptors (Lipinski definition) is 9. The molecule has 0 saturated carbocycles. The largest absolute Gasteiger partial charge is 0.462 e. The smallest absolute Gasteiger partial charge is 0.338 e. The first kappa shape index (κ1) is 49.6. The van der Waals surface area contributed by atoms with E-state index in [2.05, 4.69) is 36.7 Å². The molecular weight excluding hydrogens is 618 g/mol. The number of benzene rings is 2. The number of nitrogens with one attached hydrogen (secondary N) is 3. The number of ether oxygens (including phenoxy) is 2. The molecule has 10 nitrogen and oxygen atoms in total. The van der Waals surface area contributed by atoms with E-state index in [4.69, 9.17) is 14.9 Å². The van der Waals surface area contributed by atoms with Crippen LogP contribution in [0.4, 0.5) is 0 Å². The Morgan fingerprint density at radius 3 is 0.936 bits per heavy atom. The van der Waals surface area contributed by atoms with Gasteiger partial charge in [-0.2, -0.15) is 0 Å². The summed E-state index contributed by atoms with van der Waals surface area (Å²) in [5, 5.41) is 11.9. The van der Waals surface area contributed by atoms with Crippen LogP contribution in [0, 0.1) is 5.41 Å². The van der Waals surface area contributed by atoms with Crippen molar-refractivity contribution in [1.29, 1.82) is 5.41 Å². The summed E-state index contributed by atoms with van der Waals surface area (Å²) in [7, 11) is 0. The fourth-order valence-corrected chi connectivity index (χ4v) is 2.47. The van der Waals surface area contributed by atoms with Gasteiger partial charge in [-0.1, -0.05) is 32.5 Å². The third kappa shape index (κ3) is 34.5. The van der Waals surface area contributed by atoms with Crippen LogP contribution in [-0.2, 0) is 14.3 Å². The third-order valence-corrected chi connectivity index (χ3v) is 3.99. The molecule has 0 spiro atoms. The first-order valence-corrected chi connectivity index (χ1v) is 16.0. The van der Waals surface area contributed by atoms with Gasteiger partial charge in [0.25, 0.3) is 11.8 Å². The van der Waals surface area contributed by atoms with E-state index >= 15 is 0 Å². The van der Waals surface area contributed by atoms with Crippen LogP contribution in [0.1, 0.15) is 131 Å². The van der Waals surface area contributed by atoms with Crippen LogP contribution < -0.4 is 10.6 Å². The minimum Gasteiger partial charge on any atom is -0.462 e. The summed E-state index contributed by atoms with van der Waals surface area (Å²) in [4.78, 5) is 56.0. The second-order valence-electron chi connectivity index (χ2n) is 9.84. The van der Waals surface area contributed by atoms with Gasteiger partial charge in [0.1, 0.15) is 5.78 Å². The molecule has 2 rings (SSSR count). The number of hydrogen-bond donors (Lipinski definition) is 3. The highest BCUT2D eigenvalue weighted by Gasteiger charge is 2.10. The Labute approximate surface area is 287 Å². The van der Waals surface area contributed by atoms with Crippen LogP contribution in [0.15, 0.2) is 48.5 Å². The molecule has 2 amide bonds. The van der Waals surface area contributed by atoms with E-state index in [1.807, 2.05) is 27.7 Å². The quantitative estimate of drug-likeness (QED) is 0.146. The topological polar surface area (TPSA) is 152 Å². The lowest BCUT2D eigenvalue weighted by molar-refractivity contribution is -0.115. The molecule has 0 bridgehead atoms. The van der Waals surface area contributed by atoms with E-state index in [0.717, 1.165) is 4.86 Å². The van der Waals surface area contributed by atoms with Crippen LogP contribution in [0.5, 0.6) is 0 Å². The Bertz CT molecular complexity index is 1010. The van der Waals surface area contributed by atoms with E-state index < -0.39 is 11.9 Å². The van der Waals surface area contributed by atoms with Gasteiger partial charge in [-0.15, -0.1) is 0 Å². The molecule has 0 saturated heterocycles. The second kappa shape index (κ2) is 33.1. The number of rotatable bonds is 8. The molecule has 0 unspecified atom stereocenters. The van der Waals surface area contributed by atoms with E-state index in [9.17, 15) is 24.0 Å². The van der Waals surface area contributed by atoms with Crippen molar-refractivity contribution in [2.24, 2.45) is 0 Å². The molecular formula is C36H57N3O7S. The van der Waals surface area contributed by atoms with Gasteiger partial charge in [0.2, 0.25) is 0 Å². The van der Waals surface area contributed by atoms with Crippen LogP contribution in [0.3, 0.4) is 0 Å². The Balaban J connectivity index is -0.000000277. The fourth-order valence-electron chi connectivity index (χ4n) is 2.47. The van der Waals surface area contributed by atoms with Crippen LogP contribution in [0.25, 0.3) is 0 Å². The van der Waals surface area contributed by atoms with E-state index in [0.29, 0.717) is 54.3 Å². The summed E-state index contributed by atoms with van der Waals surface area (Å²) >= 11 is 4.54. The highest BCUT2D eigenvalue weighted by molar-refractivity contribution is 7.80. The minimum atomic E-state index is -0.391. The maximum absolute atomic E-state index is 11.4. The zero-order chi connectivity index (χ0) is 37.4. The van der Waals surface area contributed by atoms with E-state index in [-0.39, 0.29) is 17.6 Å². The third-order valence-electron chi connectivity index (χ3n) is 3.99. The SMILES string of the molecule is CC(C)=N.CC(C)=O.CC(C)=S.CCC.CCNC(=O)c1ccc(C(=O)NCC)cc1.CCOC(=O)c1ccc(C(=O)OCC)cc1. The lowest BCUT2D eigenvalue weighted by Gasteiger charge is -2.04. The fraction of sp³-hybridized carbons (Fsp3) is 0.472. The summed E-state index contributed by atoms with van der Waals surface area (Å²) in [6.45, 7) is 23.7. The van der Waals surface area contributed by atoms with Crippen LogP contribution >= 0.6 is 12.2 Å². The molecule has 0 heterocycles. The molecule has 0 radical (unpaired) electrons. The highest BCUT2D eigenvalue weighted by Crippen LogP contribution is 2.07. The van der Waals surface area contributed by atoms with Crippen molar-refractivity contribution in [3.8, 4) is 0 Å². The molecule has 47 heavy (non-hydrogen) atoms. The van der Waals surface area contributed by atoms with E-state index in [1.54, 1.807) is 76.2 Å². The molecule has 0 atom stereocenters. The molecule has 11 heteroatoms. The minimum absolute atomic E-state index is 0.120. The number of thiocarbonyl (C=S) groups is 1. The Kier molecular flexibility index (Phi) is 35.0. The lowest BCUT2D eigenvalue weighted by Crippen LogP contribution is -2.24. The summed E-state index contributed by atoms with van der Waals surface area (Å²) in [6.07, 6.45) is 1.25. The summed E-state index contributed by atoms with van der Waals surface area (Å²) in [5.41, 5.74) is 2.65. The first-order valence-electron chi connectivity index (χ1n) is 15.6. The van der Waals surface area contributed by atoms with Gasteiger partial charge < -0.3 is 30.3 Å². The molecule has 0 aromatic heterocycles. The number of amides is 2. The Morgan fingerprint density at radius 2 is 0.766 bits per heavy atom. The number of ketones is 1. The van der Waals surface area contributed by atoms with Gasteiger partial charge in [-0.05, 0) is 123 Å². The maximum atomic E-state index is 11.4.